The number of amides is 4. The van der Waals surface area contributed by atoms with Crippen LogP contribution in [0.4, 0.5) is 0 Å². The zero-order valence-corrected chi connectivity index (χ0v) is 19.2. The molecule has 1 saturated heterocycles. The molecule has 0 aromatic carbocycles. The van der Waals surface area contributed by atoms with Gasteiger partial charge in [0.2, 0.25) is 24.1 Å². The van der Waals surface area contributed by atoms with Crippen LogP contribution in [0.15, 0.2) is 11.6 Å². The highest BCUT2D eigenvalue weighted by Gasteiger charge is 2.35. The fraction of sp³-hybridized carbons (Fsp3) is 0.727. The van der Waals surface area contributed by atoms with Crippen LogP contribution >= 0.6 is 0 Å². The summed E-state index contributed by atoms with van der Waals surface area (Å²) in [5.41, 5.74) is 0.512. The maximum Gasteiger partial charge on any atom is 0.249 e. The largest absolute Gasteiger partial charge is 0.354 e. The molecule has 0 aromatic heterocycles. The second kappa shape index (κ2) is 12.3. The van der Waals surface area contributed by atoms with E-state index in [0.29, 0.717) is 37.4 Å². The molecule has 170 valence electrons. The molecule has 0 aromatic rings. The van der Waals surface area contributed by atoms with Crippen molar-refractivity contribution in [3.8, 4) is 0 Å². The molecule has 2 N–H and O–H groups in total. The fourth-order valence-electron chi connectivity index (χ4n) is 3.54. The molecule has 1 aliphatic heterocycles. The minimum atomic E-state index is -0.446. The third-order valence-corrected chi connectivity index (χ3v) is 5.76. The number of rotatable bonds is 11. The van der Waals surface area contributed by atoms with Crippen molar-refractivity contribution in [3.63, 3.8) is 0 Å². The summed E-state index contributed by atoms with van der Waals surface area (Å²) < 4.78 is 0. The molecule has 8 heteroatoms. The third kappa shape index (κ3) is 7.15. The fourth-order valence-corrected chi connectivity index (χ4v) is 3.54. The summed E-state index contributed by atoms with van der Waals surface area (Å²) in [6.45, 7) is 10.9. The number of likely N-dealkylation sites (N-methyl/N-ethyl adjacent to an activating group) is 1. The van der Waals surface area contributed by atoms with Crippen LogP contribution < -0.4 is 10.6 Å². The molecule has 0 saturated carbocycles. The van der Waals surface area contributed by atoms with E-state index in [1.807, 2.05) is 13.8 Å². The lowest BCUT2D eigenvalue weighted by Crippen LogP contribution is -2.47. The van der Waals surface area contributed by atoms with Crippen LogP contribution in [-0.4, -0.2) is 72.7 Å². The molecule has 1 heterocycles. The van der Waals surface area contributed by atoms with Crippen LogP contribution in [0.5, 0.6) is 0 Å². The molecule has 1 aliphatic rings. The molecule has 0 spiro atoms. The van der Waals surface area contributed by atoms with E-state index in [2.05, 4.69) is 24.5 Å². The Balaban J connectivity index is 2.89. The van der Waals surface area contributed by atoms with Crippen LogP contribution in [0, 0.1) is 11.8 Å². The first-order valence-electron chi connectivity index (χ1n) is 10.8. The van der Waals surface area contributed by atoms with Crippen LogP contribution in [0.1, 0.15) is 53.9 Å². The molecule has 0 radical (unpaired) electrons. The summed E-state index contributed by atoms with van der Waals surface area (Å²) in [6.07, 6.45) is 4.72. The highest BCUT2D eigenvalue weighted by Crippen LogP contribution is 2.21. The molecule has 0 aliphatic carbocycles. The van der Waals surface area contributed by atoms with Gasteiger partial charge >= 0.3 is 0 Å². The van der Waals surface area contributed by atoms with Gasteiger partial charge in [-0.2, -0.15) is 0 Å². The van der Waals surface area contributed by atoms with Crippen molar-refractivity contribution in [2.45, 2.75) is 66.0 Å². The summed E-state index contributed by atoms with van der Waals surface area (Å²) >= 11 is 0. The van der Waals surface area contributed by atoms with Crippen molar-refractivity contribution < 1.29 is 19.2 Å². The Morgan fingerprint density at radius 1 is 1.23 bits per heavy atom. The number of carbonyl (C=O) groups excluding carboxylic acids is 4. The van der Waals surface area contributed by atoms with Gasteiger partial charge < -0.3 is 20.4 Å². The van der Waals surface area contributed by atoms with Crippen molar-refractivity contribution in [1.29, 1.82) is 0 Å². The standard InChI is InChI=1S/C22H38N4O4/c1-7-16(4)12-24-21(29)18-9-8-10-26(18)22(30)17(5)11-19(15(2)3)25(6)20(28)13-23-14-27/h11,14-16,18-19H,7-10,12-13H2,1-6H3,(H,23,27)(H,24,29)/t16-,18-,19+/m0/s1. The predicted octanol–water partition coefficient (Wildman–Crippen LogP) is 1.32. The van der Waals surface area contributed by atoms with Gasteiger partial charge in [0, 0.05) is 25.7 Å². The Labute approximate surface area is 180 Å². The van der Waals surface area contributed by atoms with Crippen LogP contribution in [-0.2, 0) is 19.2 Å². The third-order valence-electron chi connectivity index (χ3n) is 5.76. The van der Waals surface area contributed by atoms with Gasteiger partial charge in [-0.15, -0.1) is 0 Å². The first kappa shape index (κ1) is 25.7. The van der Waals surface area contributed by atoms with E-state index < -0.39 is 6.04 Å². The summed E-state index contributed by atoms with van der Waals surface area (Å²) in [6, 6.07) is -0.742. The lowest BCUT2D eigenvalue weighted by Gasteiger charge is -2.30. The number of hydrogen-bond donors (Lipinski definition) is 2. The zero-order chi connectivity index (χ0) is 22.8. The molecular formula is C22H38N4O4. The van der Waals surface area contributed by atoms with Crippen molar-refractivity contribution in [2.24, 2.45) is 11.8 Å². The Kier molecular flexibility index (Phi) is 10.6. The van der Waals surface area contributed by atoms with Crippen molar-refractivity contribution in [1.82, 2.24) is 20.4 Å². The van der Waals surface area contributed by atoms with Crippen molar-refractivity contribution >= 4 is 24.1 Å². The minimum Gasteiger partial charge on any atom is -0.354 e. The lowest BCUT2D eigenvalue weighted by molar-refractivity contribution is -0.135. The molecule has 0 unspecified atom stereocenters. The van der Waals surface area contributed by atoms with Gasteiger partial charge in [-0.05, 0) is 31.6 Å². The quantitative estimate of drug-likeness (QED) is 0.387. The van der Waals surface area contributed by atoms with E-state index in [4.69, 9.17) is 0 Å². The Bertz CT molecular complexity index is 647. The maximum atomic E-state index is 13.1. The minimum absolute atomic E-state index is 0.0751. The molecule has 1 fully saturated rings. The average molecular weight is 423 g/mol. The topological polar surface area (TPSA) is 98.8 Å². The highest BCUT2D eigenvalue weighted by molar-refractivity contribution is 5.97. The Morgan fingerprint density at radius 2 is 1.90 bits per heavy atom. The van der Waals surface area contributed by atoms with Gasteiger partial charge in [-0.25, -0.2) is 0 Å². The SMILES string of the molecule is CC[C@H](C)CNC(=O)[C@@H]1CCCN1C(=O)C(C)=C[C@H](C(C)C)N(C)C(=O)CNC=O. The maximum absolute atomic E-state index is 13.1. The van der Waals surface area contributed by atoms with E-state index in [-0.39, 0.29) is 36.2 Å². The van der Waals surface area contributed by atoms with Gasteiger partial charge in [0.1, 0.15) is 6.04 Å². The summed E-state index contributed by atoms with van der Waals surface area (Å²) in [5.74, 6) is -0.0306. The van der Waals surface area contributed by atoms with Gasteiger partial charge in [0.15, 0.2) is 0 Å². The number of nitrogens with one attached hydrogen (secondary N) is 2. The number of nitrogens with zero attached hydrogens (tertiary/aromatic N) is 2. The number of hydrogen-bond acceptors (Lipinski definition) is 4. The van der Waals surface area contributed by atoms with Crippen LogP contribution in [0.3, 0.4) is 0 Å². The first-order valence-corrected chi connectivity index (χ1v) is 10.8. The average Bonchev–Trinajstić information content (AvgIpc) is 3.22. The van der Waals surface area contributed by atoms with E-state index in [0.717, 1.165) is 12.8 Å². The molecule has 30 heavy (non-hydrogen) atoms. The molecule has 3 atom stereocenters. The lowest BCUT2D eigenvalue weighted by atomic mass is 9.99. The number of likely N-dealkylation sites (tertiary alicyclic amines) is 1. The smallest absolute Gasteiger partial charge is 0.249 e. The predicted molar refractivity (Wildman–Crippen MR) is 116 cm³/mol. The first-order chi connectivity index (χ1) is 14.1. The van der Waals surface area contributed by atoms with E-state index in [9.17, 15) is 19.2 Å². The van der Waals surface area contributed by atoms with E-state index in [1.54, 1.807) is 24.9 Å². The van der Waals surface area contributed by atoms with Gasteiger partial charge in [-0.1, -0.05) is 40.2 Å². The van der Waals surface area contributed by atoms with Crippen LogP contribution in [0.25, 0.3) is 0 Å². The summed E-state index contributed by atoms with van der Waals surface area (Å²) in [4.78, 5) is 51.6. The molecule has 0 bridgehead atoms. The Hall–Kier alpha value is -2.38. The van der Waals surface area contributed by atoms with Crippen molar-refractivity contribution in [3.05, 3.63) is 11.6 Å². The van der Waals surface area contributed by atoms with Gasteiger partial charge in [0.25, 0.3) is 0 Å². The number of carbonyl (C=O) groups is 4. The van der Waals surface area contributed by atoms with E-state index >= 15 is 0 Å². The monoisotopic (exact) mass is 422 g/mol. The van der Waals surface area contributed by atoms with Gasteiger partial charge in [0.05, 0.1) is 12.6 Å². The molecule has 1 rings (SSSR count). The van der Waals surface area contributed by atoms with Crippen LogP contribution in [0.2, 0.25) is 0 Å². The summed E-state index contributed by atoms with van der Waals surface area (Å²) in [7, 11) is 1.66. The second-order valence-electron chi connectivity index (χ2n) is 8.50. The zero-order valence-electron chi connectivity index (χ0n) is 19.2. The van der Waals surface area contributed by atoms with Gasteiger partial charge in [-0.3, -0.25) is 19.2 Å². The summed E-state index contributed by atoms with van der Waals surface area (Å²) in [5, 5.41) is 5.34. The molecule has 4 amide bonds. The highest BCUT2D eigenvalue weighted by atomic mass is 16.2. The van der Waals surface area contributed by atoms with E-state index in [1.165, 1.54) is 4.90 Å². The Morgan fingerprint density at radius 3 is 2.47 bits per heavy atom. The molecule has 8 nitrogen and oxygen atoms in total. The normalized spacial score (nSPS) is 18.7. The van der Waals surface area contributed by atoms with Crippen molar-refractivity contribution in [2.75, 3.05) is 26.7 Å². The molecular weight excluding hydrogens is 384 g/mol. The second-order valence-corrected chi connectivity index (χ2v) is 8.50.